The van der Waals surface area contributed by atoms with Gasteiger partial charge in [0.05, 0.1) is 17.8 Å². The number of nitrogens with zero attached hydrogens (tertiary/aromatic N) is 2. The van der Waals surface area contributed by atoms with Gasteiger partial charge in [-0.3, -0.25) is 0 Å². The zero-order chi connectivity index (χ0) is 25.3. The standard InChI is InChI=1S/C29H39FN4O2/c1-3-5-15-34(16-6-4-2)17-8-18-35-22-10-11-25-23(20-22)27(32-14-7-13-31)29-28(33-25)24-19-21(30)9-12-26(24)36-29/h9-12,19-20H,3-8,13-18,31H2,1-2H3,(H,32,33). The normalized spacial score (nSPS) is 11.8. The average molecular weight is 495 g/mol. The van der Waals surface area contributed by atoms with Gasteiger partial charge in [0.2, 0.25) is 0 Å². The number of halogens is 1. The number of ether oxygens (including phenoxy) is 1. The van der Waals surface area contributed by atoms with Crippen LogP contribution in [0, 0.1) is 5.82 Å². The fraction of sp³-hybridized carbons (Fsp3) is 0.483. The Morgan fingerprint density at radius 1 is 0.972 bits per heavy atom. The summed E-state index contributed by atoms with van der Waals surface area (Å²) in [6.07, 6.45) is 6.73. The van der Waals surface area contributed by atoms with Crippen LogP contribution in [0.2, 0.25) is 0 Å². The minimum absolute atomic E-state index is 0.309. The maximum Gasteiger partial charge on any atom is 0.177 e. The third-order valence-electron chi connectivity index (χ3n) is 6.55. The molecule has 0 spiro atoms. The lowest BCUT2D eigenvalue weighted by Crippen LogP contribution is -2.28. The highest BCUT2D eigenvalue weighted by Gasteiger charge is 2.17. The van der Waals surface area contributed by atoms with Gasteiger partial charge in [-0.1, -0.05) is 26.7 Å². The number of nitrogens with two attached hydrogens (primary N) is 1. The Kier molecular flexibility index (Phi) is 9.36. The van der Waals surface area contributed by atoms with Crippen LogP contribution in [0.25, 0.3) is 33.0 Å². The van der Waals surface area contributed by atoms with E-state index >= 15 is 0 Å². The fourth-order valence-corrected chi connectivity index (χ4v) is 4.55. The van der Waals surface area contributed by atoms with Crippen LogP contribution in [0.1, 0.15) is 52.4 Å². The Morgan fingerprint density at radius 3 is 2.50 bits per heavy atom. The first-order valence-corrected chi connectivity index (χ1v) is 13.4. The number of aromatic nitrogens is 1. The van der Waals surface area contributed by atoms with E-state index in [1.54, 1.807) is 6.07 Å². The van der Waals surface area contributed by atoms with E-state index in [0.717, 1.165) is 54.8 Å². The maximum atomic E-state index is 14.0. The van der Waals surface area contributed by atoms with Gasteiger partial charge in [0.25, 0.3) is 0 Å². The highest BCUT2D eigenvalue weighted by Crippen LogP contribution is 2.38. The van der Waals surface area contributed by atoms with Crippen molar-refractivity contribution in [1.82, 2.24) is 9.88 Å². The van der Waals surface area contributed by atoms with Crippen molar-refractivity contribution in [2.24, 2.45) is 5.73 Å². The minimum atomic E-state index is -0.309. The molecule has 0 atom stereocenters. The molecule has 0 aliphatic carbocycles. The number of anilines is 1. The van der Waals surface area contributed by atoms with E-state index in [1.165, 1.54) is 37.8 Å². The smallest absolute Gasteiger partial charge is 0.177 e. The number of rotatable bonds is 15. The lowest BCUT2D eigenvalue weighted by atomic mass is 10.1. The van der Waals surface area contributed by atoms with Gasteiger partial charge in [-0.15, -0.1) is 0 Å². The first-order chi connectivity index (χ1) is 17.6. The molecule has 0 unspecified atom stereocenters. The summed E-state index contributed by atoms with van der Waals surface area (Å²) in [6, 6.07) is 10.5. The van der Waals surface area contributed by atoms with Crippen molar-refractivity contribution in [3.8, 4) is 5.75 Å². The first-order valence-electron chi connectivity index (χ1n) is 13.4. The number of furan rings is 1. The van der Waals surface area contributed by atoms with Gasteiger partial charge in [0, 0.05) is 23.9 Å². The van der Waals surface area contributed by atoms with E-state index in [1.807, 2.05) is 18.2 Å². The fourth-order valence-electron chi connectivity index (χ4n) is 4.55. The second-order valence-corrected chi connectivity index (χ2v) is 9.41. The molecule has 4 rings (SSSR count). The molecular formula is C29H39FN4O2. The highest BCUT2D eigenvalue weighted by atomic mass is 19.1. The van der Waals surface area contributed by atoms with E-state index < -0.39 is 0 Å². The molecule has 0 fully saturated rings. The van der Waals surface area contributed by atoms with Crippen LogP contribution in [-0.2, 0) is 0 Å². The monoisotopic (exact) mass is 494 g/mol. The van der Waals surface area contributed by atoms with Crippen molar-refractivity contribution in [2.75, 3.05) is 44.6 Å². The van der Waals surface area contributed by atoms with E-state index in [4.69, 9.17) is 19.9 Å². The summed E-state index contributed by atoms with van der Waals surface area (Å²) in [6.45, 7) is 9.81. The van der Waals surface area contributed by atoms with Crippen molar-refractivity contribution in [2.45, 2.75) is 52.4 Å². The molecule has 2 heterocycles. The Balaban J connectivity index is 1.55. The molecule has 0 aliphatic heterocycles. The zero-order valence-corrected chi connectivity index (χ0v) is 21.6. The van der Waals surface area contributed by atoms with Crippen molar-refractivity contribution < 1.29 is 13.5 Å². The molecule has 2 aromatic heterocycles. The van der Waals surface area contributed by atoms with E-state index in [9.17, 15) is 4.39 Å². The van der Waals surface area contributed by atoms with Crippen molar-refractivity contribution in [1.29, 1.82) is 0 Å². The molecule has 36 heavy (non-hydrogen) atoms. The quantitative estimate of drug-likeness (QED) is 0.179. The predicted octanol–water partition coefficient (Wildman–Crippen LogP) is 6.71. The minimum Gasteiger partial charge on any atom is -0.494 e. The molecule has 0 saturated heterocycles. The molecule has 0 amide bonds. The number of unbranched alkanes of at least 4 members (excludes halogenated alkanes) is 2. The summed E-state index contributed by atoms with van der Waals surface area (Å²) < 4.78 is 26.3. The number of benzene rings is 2. The molecular weight excluding hydrogens is 455 g/mol. The molecule has 4 aromatic rings. The van der Waals surface area contributed by atoms with Crippen molar-refractivity contribution >= 4 is 38.7 Å². The van der Waals surface area contributed by atoms with Gasteiger partial charge in [-0.25, -0.2) is 9.37 Å². The van der Waals surface area contributed by atoms with Crippen LogP contribution in [0.3, 0.4) is 0 Å². The lowest BCUT2D eigenvalue weighted by molar-refractivity contribution is 0.229. The zero-order valence-electron chi connectivity index (χ0n) is 21.6. The Morgan fingerprint density at radius 2 is 1.75 bits per heavy atom. The van der Waals surface area contributed by atoms with Crippen LogP contribution in [-0.4, -0.2) is 49.2 Å². The first kappa shape index (κ1) is 26.2. The maximum absolute atomic E-state index is 14.0. The van der Waals surface area contributed by atoms with Crippen LogP contribution in [0.4, 0.5) is 10.1 Å². The van der Waals surface area contributed by atoms with E-state index in [2.05, 4.69) is 24.1 Å². The number of fused-ring (bicyclic) bond motifs is 4. The summed E-state index contributed by atoms with van der Waals surface area (Å²) in [5.41, 5.74) is 9.26. The predicted molar refractivity (Wildman–Crippen MR) is 148 cm³/mol. The molecule has 3 N–H and O–H groups in total. The highest BCUT2D eigenvalue weighted by molar-refractivity contribution is 6.14. The van der Waals surface area contributed by atoms with Gasteiger partial charge >= 0.3 is 0 Å². The van der Waals surface area contributed by atoms with Gasteiger partial charge in [-0.2, -0.15) is 0 Å². The third kappa shape index (κ3) is 6.26. The van der Waals surface area contributed by atoms with Crippen molar-refractivity contribution in [3.63, 3.8) is 0 Å². The van der Waals surface area contributed by atoms with E-state index in [-0.39, 0.29) is 5.82 Å². The molecule has 0 bridgehead atoms. The Bertz CT molecular complexity index is 1260. The lowest BCUT2D eigenvalue weighted by Gasteiger charge is -2.22. The second kappa shape index (κ2) is 12.9. The summed E-state index contributed by atoms with van der Waals surface area (Å²) in [4.78, 5) is 7.38. The molecule has 0 saturated carbocycles. The number of pyridine rings is 1. The van der Waals surface area contributed by atoms with Crippen molar-refractivity contribution in [3.05, 3.63) is 42.2 Å². The Labute approximate surface area is 213 Å². The van der Waals surface area contributed by atoms with Crippen LogP contribution < -0.4 is 15.8 Å². The Hall–Kier alpha value is -2.90. The molecule has 6 nitrogen and oxygen atoms in total. The summed E-state index contributed by atoms with van der Waals surface area (Å²) in [5, 5.41) is 5.08. The van der Waals surface area contributed by atoms with Gasteiger partial charge in [0.15, 0.2) is 5.58 Å². The van der Waals surface area contributed by atoms with Gasteiger partial charge in [0.1, 0.15) is 22.7 Å². The molecule has 7 heteroatoms. The van der Waals surface area contributed by atoms with Gasteiger partial charge < -0.3 is 25.1 Å². The third-order valence-corrected chi connectivity index (χ3v) is 6.55. The summed E-state index contributed by atoms with van der Waals surface area (Å²) in [5.74, 6) is 0.498. The van der Waals surface area contributed by atoms with Gasteiger partial charge in [-0.05, 0) is 81.7 Å². The summed E-state index contributed by atoms with van der Waals surface area (Å²) in [7, 11) is 0. The molecule has 0 aliphatic rings. The largest absolute Gasteiger partial charge is 0.494 e. The average Bonchev–Trinajstić information content (AvgIpc) is 3.24. The SMILES string of the molecule is CCCCN(CCCC)CCCOc1ccc2nc3c(oc4ccc(F)cc43)c(NCCCN)c2c1. The number of hydrogen-bond acceptors (Lipinski definition) is 6. The van der Waals surface area contributed by atoms with Crippen LogP contribution in [0.15, 0.2) is 40.8 Å². The molecule has 0 radical (unpaired) electrons. The van der Waals surface area contributed by atoms with E-state index in [0.29, 0.717) is 41.8 Å². The topological polar surface area (TPSA) is 76.5 Å². The summed E-state index contributed by atoms with van der Waals surface area (Å²) >= 11 is 0. The number of hydrogen-bond donors (Lipinski definition) is 2. The molecule has 194 valence electrons. The van der Waals surface area contributed by atoms with Crippen LogP contribution in [0.5, 0.6) is 5.75 Å². The van der Waals surface area contributed by atoms with Crippen LogP contribution >= 0.6 is 0 Å². The molecule has 2 aromatic carbocycles. The number of nitrogens with one attached hydrogen (secondary N) is 1. The second-order valence-electron chi connectivity index (χ2n) is 9.41.